The lowest BCUT2D eigenvalue weighted by Gasteiger charge is -2.17. The average molecular weight is 327 g/mol. The number of carbonyl (C=O) groups is 1. The van der Waals surface area contributed by atoms with Gasteiger partial charge in [0.1, 0.15) is 18.0 Å². The highest BCUT2D eigenvalue weighted by molar-refractivity contribution is 5.70. The summed E-state index contributed by atoms with van der Waals surface area (Å²) in [5.41, 5.74) is 1.94. The van der Waals surface area contributed by atoms with Crippen LogP contribution in [0.15, 0.2) is 54.6 Å². The second-order valence-corrected chi connectivity index (χ2v) is 6.12. The van der Waals surface area contributed by atoms with Gasteiger partial charge in [0, 0.05) is 19.6 Å². The number of hydrogen-bond acceptors (Lipinski definition) is 4. The van der Waals surface area contributed by atoms with Gasteiger partial charge in [-0.1, -0.05) is 42.5 Å². The summed E-state index contributed by atoms with van der Waals surface area (Å²) in [6, 6.07) is 17.1. The fourth-order valence-electron chi connectivity index (χ4n) is 2.95. The molecule has 0 bridgehead atoms. The first kappa shape index (κ1) is 16.5. The van der Waals surface area contributed by atoms with Crippen molar-refractivity contribution < 1.29 is 19.7 Å². The van der Waals surface area contributed by atoms with E-state index in [4.69, 9.17) is 9.84 Å². The van der Waals surface area contributed by atoms with E-state index in [0.29, 0.717) is 18.8 Å². The molecule has 2 aromatic carbocycles. The van der Waals surface area contributed by atoms with Crippen LogP contribution in [-0.2, 0) is 17.8 Å². The summed E-state index contributed by atoms with van der Waals surface area (Å²) in [6.07, 6.45) is -0.816. The number of carboxylic acids is 1. The maximum absolute atomic E-state index is 10.7. The van der Waals surface area contributed by atoms with Gasteiger partial charge in [-0.15, -0.1) is 0 Å². The van der Waals surface area contributed by atoms with E-state index < -0.39 is 12.1 Å². The third-order valence-electron chi connectivity index (χ3n) is 4.13. The number of benzene rings is 2. The van der Waals surface area contributed by atoms with Crippen LogP contribution in [0.5, 0.6) is 5.75 Å². The maximum Gasteiger partial charge on any atom is 0.307 e. The quantitative estimate of drug-likeness (QED) is 0.848. The number of aliphatic hydroxyl groups is 1. The first-order valence-electron chi connectivity index (χ1n) is 8.02. The van der Waals surface area contributed by atoms with Crippen LogP contribution in [0.1, 0.15) is 11.1 Å². The maximum atomic E-state index is 10.7. The summed E-state index contributed by atoms with van der Waals surface area (Å²) < 4.78 is 5.88. The molecular weight excluding hydrogens is 306 g/mol. The summed E-state index contributed by atoms with van der Waals surface area (Å²) in [4.78, 5) is 12.9. The lowest BCUT2D eigenvalue weighted by atomic mass is 10.1. The number of ether oxygens (including phenoxy) is 1. The fourth-order valence-corrected chi connectivity index (χ4v) is 2.95. The Morgan fingerprint density at radius 1 is 1.04 bits per heavy atom. The lowest BCUT2D eigenvalue weighted by molar-refractivity contribution is -0.136. The predicted molar refractivity (Wildman–Crippen MR) is 89.9 cm³/mol. The smallest absolute Gasteiger partial charge is 0.307 e. The largest absolute Gasteiger partial charge is 0.486 e. The topological polar surface area (TPSA) is 70.0 Å². The zero-order valence-electron chi connectivity index (χ0n) is 13.3. The molecule has 1 aliphatic rings. The first-order chi connectivity index (χ1) is 11.6. The third kappa shape index (κ3) is 4.34. The number of likely N-dealkylation sites (tertiary alicyclic amines) is 1. The minimum absolute atomic E-state index is 0.00279. The first-order valence-corrected chi connectivity index (χ1v) is 8.02. The number of nitrogens with zero attached hydrogens (tertiary/aromatic N) is 1. The van der Waals surface area contributed by atoms with E-state index >= 15 is 0 Å². The molecule has 0 radical (unpaired) electrons. The van der Waals surface area contributed by atoms with Gasteiger partial charge in [-0.3, -0.25) is 9.69 Å². The highest BCUT2D eigenvalue weighted by atomic mass is 16.5. The van der Waals surface area contributed by atoms with Crippen molar-refractivity contribution in [3.63, 3.8) is 0 Å². The Morgan fingerprint density at radius 3 is 2.42 bits per heavy atom. The van der Waals surface area contributed by atoms with Crippen molar-refractivity contribution >= 4 is 5.97 Å². The Bertz CT molecular complexity index is 672. The molecule has 1 saturated heterocycles. The van der Waals surface area contributed by atoms with Gasteiger partial charge in [0.2, 0.25) is 0 Å². The van der Waals surface area contributed by atoms with Gasteiger partial charge in [0.15, 0.2) is 0 Å². The molecule has 5 heteroatoms. The lowest BCUT2D eigenvalue weighted by Crippen LogP contribution is -2.29. The summed E-state index contributed by atoms with van der Waals surface area (Å²) in [7, 11) is 0. The summed E-state index contributed by atoms with van der Waals surface area (Å²) in [6.45, 7) is 2.03. The van der Waals surface area contributed by atoms with E-state index in [1.54, 1.807) is 24.3 Å². The van der Waals surface area contributed by atoms with Crippen LogP contribution in [0.25, 0.3) is 0 Å². The van der Waals surface area contributed by atoms with Crippen LogP contribution >= 0.6 is 0 Å². The molecule has 1 heterocycles. The molecule has 5 nitrogen and oxygen atoms in total. The van der Waals surface area contributed by atoms with Crippen LogP contribution < -0.4 is 4.74 Å². The third-order valence-corrected chi connectivity index (χ3v) is 4.13. The number of aliphatic carboxylic acids is 1. The van der Waals surface area contributed by atoms with Crippen LogP contribution in [0, 0.1) is 0 Å². The summed E-state index contributed by atoms with van der Waals surface area (Å²) in [5, 5.41) is 19.0. The van der Waals surface area contributed by atoms with Crippen LogP contribution in [0.4, 0.5) is 0 Å². The van der Waals surface area contributed by atoms with Gasteiger partial charge in [-0.2, -0.15) is 0 Å². The number of rotatable bonds is 6. The Balaban J connectivity index is 1.56. The molecule has 0 aliphatic carbocycles. The van der Waals surface area contributed by atoms with Crippen molar-refractivity contribution in [3.8, 4) is 5.75 Å². The van der Waals surface area contributed by atoms with Crippen LogP contribution in [0.2, 0.25) is 0 Å². The molecule has 0 spiro atoms. The molecule has 3 rings (SSSR count). The van der Waals surface area contributed by atoms with E-state index in [2.05, 4.69) is 17.0 Å². The van der Waals surface area contributed by atoms with E-state index in [9.17, 15) is 9.90 Å². The molecule has 0 unspecified atom stereocenters. The Hall–Kier alpha value is -2.37. The molecule has 0 aromatic heterocycles. The number of hydrogen-bond donors (Lipinski definition) is 2. The summed E-state index contributed by atoms with van der Waals surface area (Å²) >= 11 is 0. The van der Waals surface area contributed by atoms with Gasteiger partial charge in [0.05, 0.1) is 6.42 Å². The Kier molecular flexibility index (Phi) is 5.13. The van der Waals surface area contributed by atoms with Crippen LogP contribution in [0.3, 0.4) is 0 Å². The van der Waals surface area contributed by atoms with E-state index in [1.165, 1.54) is 5.56 Å². The average Bonchev–Trinajstić information content (AvgIpc) is 2.89. The van der Waals surface area contributed by atoms with E-state index in [0.717, 1.165) is 12.1 Å². The molecule has 126 valence electrons. The van der Waals surface area contributed by atoms with E-state index in [-0.39, 0.29) is 12.5 Å². The van der Waals surface area contributed by atoms with Gasteiger partial charge in [-0.05, 0) is 23.3 Å². The van der Waals surface area contributed by atoms with Crippen molar-refractivity contribution in [1.82, 2.24) is 4.90 Å². The molecule has 1 fully saturated rings. The Labute approximate surface area is 141 Å². The van der Waals surface area contributed by atoms with Gasteiger partial charge in [-0.25, -0.2) is 0 Å². The molecular formula is C19H21NO4. The second-order valence-electron chi connectivity index (χ2n) is 6.12. The number of carboxylic acid groups (broad SMARTS) is 1. The predicted octanol–water partition coefficient (Wildman–Crippen LogP) is 1.94. The monoisotopic (exact) mass is 327 g/mol. The van der Waals surface area contributed by atoms with Gasteiger partial charge in [0.25, 0.3) is 0 Å². The molecule has 2 N–H and O–H groups in total. The SMILES string of the molecule is O=C(O)Cc1ccc(O[C@@H]2CN(Cc3ccccc3)C[C@H]2O)cc1. The molecule has 1 aliphatic heterocycles. The molecule has 2 atom stereocenters. The second kappa shape index (κ2) is 7.47. The van der Waals surface area contributed by atoms with Crippen molar-refractivity contribution in [2.24, 2.45) is 0 Å². The van der Waals surface area contributed by atoms with Crippen molar-refractivity contribution in [3.05, 3.63) is 65.7 Å². The normalized spacial score (nSPS) is 20.9. The minimum Gasteiger partial charge on any atom is -0.486 e. The van der Waals surface area contributed by atoms with Crippen molar-refractivity contribution in [1.29, 1.82) is 0 Å². The van der Waals surface area contributed by atoms with Crippen molar-refractivity contribution in [2.75, 3.05) is 13.1 Å². The molecule has 2 aromatic rings. The molecule has 0 amide bonds. The standard InChI is InChI=1S/C19H21NO4/c21-17-12-20(11-15-4-2-1-3-5-15)13-18(17)24-16-8-6-14(7-9-16)10-19(22)23/h1-9,17-18,21H,10-13H2,(H,22,23)/t17-,18-/m1/s1. The summed E-state index contributed by atoms with van der Waals surface area (Å²) in [5.74, 6) is -0.207. The molecule has 0 saturated carbocycles. The minimum atomic E-state index is -0.855. The zero-order chi connectivity index (χ0) is 16.9. The number of aliphatic hydroxyl groups excluding tert-OH is 1. The number of β-amino-alcohol motifs (C(OH)–C–C–N with tert-alkyl or cyclic N) is 1. The van der Waals surface area contributed by atoms with Gasteiger partial charge >= 0.3 is 5.97 Å². The van der Waals surface area contributed by atoms with Crippen LogP contribution in [-0.4, -0.2) is 46.4 Å². The Morgan fingerprint density at radius 2 is 1.75 bits per heavy atom. The van der Waals surface area contributed by atoms with E-state index in [1.807, 2.05) is 18.2 Å². The van der Waals surface area contributed by atoms with Crippen molar-refractivity contribution in [2.45, 2.75) is 25.2 Å². The zero-order valence-corrected chi connectivity index (χ0v) is 13.3. The highest BCUT2D eigenvalue weighted by Gasteiger charge is 2.32. The van der Waals surface area contributed by atoms with Gasteiger partial charge < -0.3 is 14.9 Å². The fraction of sp³-hybridized carbons (Fsp3) is 0.316. The molecule has 24 heavy (non-hydrogen) atoms. The highest BCUT2D eigenvalue weighted by Crippen LogP contribution is 2.21.